The zero-order valence-corrected chi connectivity index (χ0v) is 35.7. The average Bonchev–Trinajstić information content (AvgIpc) is 3.97. The molecule has 5 aromatic carbocycles. The lowest BCUT2D eigenvalue weighted by Crippen LogP contribution is -1.99. The molecule has 0 radical (unpaired) electrons. The number of fused-ring (bicyclic) bond motifs is 3. The van der Waals surface area contributed by atoms with E-state index in [-0.39, 0.29) is 0 Å². The molecule has 0 bridgehead atoms. The highest BCUT2D eigenvalue weighted by atomic mass is 32.1. The first-order chi connectivity index (χ1) is 27.5. The van der Waals surface area contributed by atoms with Crippen LogP contribution in [0.2, 0.25) is 0 Å². The summed E-state index contributed by atoms with van der Waals surface area (Å²) in [5.41, 5.74) is 16.7. The average molecular weight is 771 g/mol. The van der Waals surface area contributed by atoms with Gasteiger partial charge in [0.25, 0.3) is 0 Å². The number of aryl methyl sites for hydroxylation is 4. The van der Waals surface area contributed by atoms with Crippen molar-refractivity contribution in [2.24, 2.45) is 0 Å². The Bertz CT molecular complexity index is 2430. The second kappa shape index (κ2) is 17.9. The fourth-order valence-corrected chi connectivity index (χ4v) is 11.0. The van der Waals surface area contributed by atoms with Crippen molar-refractivity contribution >= 4 is 33.4 Å². The Morgan fingerprint density at radius 2 is 0.982 bits per heavy atom. The third-order valence-corrected chi connectivity index (χ3v) is 14.4. The third-order valence-electron chi connectivity index (χ3n) is 12.1. The molecule has 0 saturated heterocycles. The molecule has 2 heteroatoms. The van der Waals surface area contributed by atoms with E-state index >= 15 is 0 Å². The van der Waals surface area contributed by atoms with E-state index in [4.69, 9.17) is 0 Å². The third kappa shape index (κ3) is 8.39. The first kappa shape index (κ1) is 38.6. The summed E-state index contributed by atoms with van der Waals surface area (Å²) in [5.74, 6) is 0. The summed E-state index contributed by atoms with van der Waals surface area (Å²) in [6.07, 6.45) is 18.2. The zero-order valence-electron chi connectivity index (χ0n) is 34.1. The van der Waals surface area contributed by atoms with Gasteiger partial charge in [0.15, 0.2) is 0 Å². The smallest absolute Gasteiger partial charge is 0.0449 e. The molecule has 0 amide bonds. The van der Waals surface area contributed by atoms with Gasteiger partial charge in [0.2, 0.25) is 0 Å². The van der Waals surface area contributed by atoms with Gasteiger partial charge in [-0.15, -0.1) is 22.7 Å². The lowest BCUT2D eigenvalue weighted by Gasteiger charge is -2.18. The van der Waals surface area contributed by atoms with E-state index in [9.17, 15) is 0 Å². The standard InChI is InChI=1S/C54H58S2/c1-5-7-9-11-13-15-20-39-35-49(40(30-37(39)3)21-16-14-12-10-8-6-2)44-32-42(33-45(34-44)51-28-29-53(56-51)52-27-26-38(4)55-52)43-31-41-22-19-25-48-46-23-17-18-24-47(46)50(36-43)54(41)48/h17-19,22-36H,5-16,20-21H2,1-4H3. The van der Waals surface area contributed by atoms with Gasteiger partial charge < -0.3 is 0 Å². The van der Waals surface area contributed by atoms with Crippen LogP contribution in [0.25, 0.3) is 75.5 Å². The Hall–Kier alpha value is -4.24. The Labute approximate surface area is 344 Å². The molecule has 56 heavy (non-hydrogen) atoms. The topological polar surface area (TPSA) is 0 Å². The van der Waals surface area contributed by atoms with E-state index in [0.717, 1.165) is 6.42 Å². The molecule has 0 atom stereocenters. The van der Waals surface area contributed by atoms with Crippen LogP contribution in [0.15, 0.2) is 109 Å². The van der Waals surface area contributed by atoms with Gasteiger partial charge in [0, 0.05) is 19.5 Å². The van der Waals surface area contributed by atoms with Crippen molar-refractivity contribution in [3.8, 4) is 64.7 Å². The first-order valence-corrected chi connectivity index (χ1v) is 23.3. The van der Waals surface area contributed by atoms with Crippen LogP contribution in [-0.2, 0) is 12.8 Å². The molecule has 0 saturated carbocycles. The number of unbranched alkanes of at least 4 members (excludes halogenated alkanes) is 10. The molecule has 0 unspecified atom stereocenters. The molecule has 0 fully saturated rings. The number of hydrogen-bond acceptors (Lipinski definition) is 2. The van der Waals surface area contributed by atoms with Gasteiger partial charge in [0.1, 0.15) is 0 Å². The van der Waals surface area contributed by atoms with E-state index in [2.05, 4.69) is 137 Å². The van der Waals surface area contributed by atoms with E-state index in [1.165, 1.54) is 181 Å². The molecule has 8 rings (SSSR count). The van der Waals surface area contributed by atoms with Crippen LogP contribution < -0.4 is 0 Å². The van der Waals surface area contributed by atoms with Crippen LogP contribution in [0.5, 0.6) is 0 Å². The van der Waals surface area contributed by atoms with Gasteiger partial charge in [-0.2, -0.15) is 0 Å². The largest absolute Gasteiger partial charge is 0.140 e. The van der Waals surface area contributed by atoms with Crippen LogP contribution in [0.4, 0.5) is 0 Å². The summed E-state index contributed by atoms with van der Waals surface area (Å²) in [6, 6.07) is 42.6. The summed E-state index contributed by atoms with van der Waals surface area (Å²) in [4.78, 5) is 5.42. The molecule has 286 valence electrons. The van der Waals surface area contributed by atoms with E-state index in [1.54, 1.807) is 0 Å². The van der Waals surface area contributed by atoms with Gasteiger partial charge in [-0.05, 0) is 172 Å². The summed E-state index contributed by atoms with van der Waals surface area (Å²) in [6.45, 7) is 9.20. The molecule has 0 aliphatic heterocycles. The summed E-state index contributed by atoms with van der Waals surface area (Å²) in [7, 11) is 0. The molecule has 0 spiro atoms. The number of rotatable bonds is 18. The van der Waals surface area contributed by atoms with E-state index in [1.807, 2.05) is 22.7 Å². The van der Waals surface area contributed by atoms with Gasteiger partial charge in [-0.1, -0.05) is 133 Å². The molecule has 1 aliphatic carbocycles. The molecule has 0 N–H and O–H groups in total. The zero-order chi connectivity index (χ0) is 38.4. The molecule has 7 aromatic rings. The maximum absolute atomic E-state index is 2.60. The molecular weight excluding hydrogens is 713 g/mol. The second-order valence-corrected chi connectivity index (χ2v) is 18.7. The SMILES string of the molecule is CCCCCCCCc1cc(-c2cc(-c3cc4c5c(cccc5c3)-c3ccccc3-4)cc(-c3ccc(-c4ccc(C)s4)s3)c2)c(CCCCCCCC)cc1C. The molecule has 2 heterocycles. The normalized spacial score (nSPS) is 11.9. The fourth-order valence-electron chi connectivity index (χ4n) is 9.02. The fraction of sp³-hybridized carbons (Fsp3) is 0.333. The first-order valence-electron chi connectivity index (χ1n) is 21.6. The minimum atomic E-state index is 1.14. The van der Waals surface area contributed by atoms with Gasteiger partial charge >= 0.3 is 0 Å². The van der Waals surface area contributed by atoms with Gasteiger partial charge in [0.05, 0.1) is 0 Å². The van der Waals surface area contributed by atoms with Crippen molar-refractivity contribution in [3.05, 3.63) is 131 Å². The highest BCUT2D eigenvalue weighted by Crippen LogP contribution is 2.49. The second-order valence-electron chi connectivity index (χ2n) is 16.3. The number of hydrogen-bond donors (Lipinski definition) is 0. The van der Waals surface area contributed by atoms with E-state index in [0.29, 0.717) is 0 Å². The summed E-state index contributed by atoms with van der Waals surface area (Å²) < 4.78 is 0. The number of thiophene rings is 2. The summed E-state index contributed by atoms with van der Waals surface area (Å²) >= 11 is 3.83. The van der Waals surface area contributed by atoms with Crippen molar-refractivity contribution in [2.45, 2.75) is 118 Å². The Morgan fingerprint density at radius 3 is 1.71 bits per heavy atom. The molecule has 1 aliphatic rings. The van der Waals surface area contributed by atoms with E-state index < -0.39 is 0 Å². The van der Waals surface area contributed by atoms with Crippen molar-refractivity contribution < 1.29 is 0 Å². The predicted molar refractivity (Wildman–Crippen MR) is 250 cm³/mol. The van der Waals surface area contributed by atoms with Crippen molar-refractivity contribution in [1.82, 2.24) is 0 Å². The maximum atomic E-state index is 2.60. The lowest BCUT2D eigenvalue weighted by molar-refractivity contribution is 0.605. The quantitative estimate of drug-likeness (QED) is 0.0762. The van der Waals surface area contributed by atoms with Crippen LogP contribution >= 0.6 is 22.7 Å². The Kier molecular flexibility index (Phi) is 12.4. The van der Waals surface area contributed by atoms with Gasteiger partial charge in [-0.25, -0.2) is 0 Å². The molecule has 2 aromatic heterocycles. The highest BCUT2D eigenvalue weighted by Gasteiger charge is 2.22. The molecule has 0 nitrogen and oxygen atoms in total. The number of benzene rings is 5. The minimum absolute atomic E-state index is 1.14. The lowest BCUT2D eigenvalue weighted by atomic mass is 9.87. The maximum Gasteiger partial charge on any atom is 0.0449 e. The van der Waals surface area contributed by atoms with Crippen LogP contribution in [0.1, 0.15) is 112 Å². The highest BCUT2D eigenvalue weighted by molar-refractivity contribution is 7.23. The minimum Gasteiger partial charge on any atom is -0.140 e. The Balaban J connectivity index is 1.24. The monoisotopic (exact) mass is 770 g/mol. The summed E-state index contributed by atoms with van der Waals surface area (Å²) in [5, 5.41) is 2.71. The van der Waals surface area contributed by atoms with Crippen LogP contribution in [0, 0.1) is 13.8 Å². The van der Waals surface area contributed by atoms with Crippen molar-refractivity contribution in [1.29, 1.82) is 0 Å². The van der Waals surface area contributed by atoms with Crippen molar-refractivity contribution in [2.75, 3.05) is 0 Å². The van der Waals surface area contributed by atoms with Gasteiger partial charge in [-0.3, -0.25) is 0 Å². The van der Waals surface area contributed by atoms with Crippen molar-refractivity contribution in [3.63, 3.8) is 0 Å². The predicted octanol–water partition coefficient (Wildman–Crippen LogP) is 17.7. The van der Waals surface area contributed by atoms with Crippen LogP contribution in [-0.4, -0.2) is 0 Å². The Morgan fingerprint density at radius 1 is 0.393 bits per heavy atom. The molecular formula is C54H58S2. The van der Waals surface area contributed by atoms with Crippen LogP contribution in [0.3, 0.4) is 0 Å².